The fourth-order valence-corrected chi connectivity index (χ4v) is 4.77. The van der Waals surface area contributed by atoms with Crippen molar-refractivity contribution in [2.75, 3.05) is 12.3 Å². The molecule has 1 atom stereocenters. The maximum absolute atomic E-state index is 6.07. The minimum absolute atomic E-state index is 0.636. The summed E-state index contributed by atoms with van der Waals surface area (Å²) in [5, 5.41) is 4.55. The summed E-state index contributed by atoms with van der Waals surface area (Å²) < 4.78 is 0. The highest BCUT2D eigenvalue weighted by molar-refractivity contribution is 7.99. The first kappa shape index (κ1) is 17.2. The van der Waals surface area contributed by atoms with Gasteiger partial charge in [-0.25, -0.2) is 0 Å². The van der Waals surface area contributed by atoms with Crippen LogP contribution in [-0.4, -0.2) is 18.3 Å². The molecular formula is C18H28ClNS. The summed E-state index contributed by atoms with van der Waals surface area (Å²) in [6.45, 7) is 5.62. The number of nitrogens with one attached hydrogen (secondary N) is 1. The fraction of sp³-hybridized carbons (Fsp3) is 0.667. The fourth-order valence-electron chi connectivity index (χ4n) is 3.37. The lowest BCUT2D eigenvalue weighted by molar-refractivity contribution is 0.229. The first-order valence-electron chi connectivity index (χ1n) is 8.34. The Hall–Kier alpha value is -0.180. The molecule has 3 heteroatoms. The van der Waals surface area contributed by atoms with Gasteiger partial charge < -0.3 is 5.32 Å². The van der Waals surface area contributed by atoms with Gasteiger partial charge in [0.05, 0.1) is 0 Å². The maximum Gasteiger partial charge on any atom is 0.0417 e. The van der Waals surface area contributed by atoms with Crippen LogP contribution in [0.3, 0.4) is 0 Å². The average molecular weight is 326 g/mol. The maximum atomic E-state index is 6.07. The zero-order chi connectivity index (χ0) is 15.1. The number of rotatable bonds is 7. The van der Waals surface area contributed by atoms with E-state index in [-0.39, 0.29) is 0 Å². The van der Waals surface area contributed by atoms with Crippen molar-refractivity contribution in [2.24, 2.45) is 11.8 Å². The normalized spacial score (nSPS) is 24.0. The van der Waals surface area contributed by atoms with Crippen LogP contribution < -0.4 is 5.32 Å². The van der Waals surface area contributed by atoms with Crippen molar-refractivity contribution in [1.82, 2.24) is 5.32 Å². The van der Waals surface area contributed by atoms with Crippen LogP contribution in [0.1, 0.15) is 46.0 Å². The van der Waals surface area contributed by atoms with Crippen molar-refractivity contribution in [3.63, 3.8) is 0 Å². The van der Waals surface area contributed by atoms with Gasteiger partial charge in [-0.15, -0.1) is 11.8 Å². The Kier molecular flexibility index (Phi) is 7.42. The van der Waals surface area contributed by atoms with Crippen molar-refractivity contribution in [1.29, 1.82) is 0 Å². The Morgan fingerprint density at radius 2 is 2.00 bits per heavy atom. The molecule has 1 saturated carbocycles. The zero-order valence-corrected chi connectivity index (χ0v) is 14.8. The summed E-state index contributed by atoms with van der Waals surface area (Å²) in [5.74, 6) is 2.97. The SMILES string of the molecule is CCNC(CSc1cccc(Cl)c1)C1CCC(CC)CC1. The third-order valence-electron chi connectivity index (χ3n) is 4.73. The molecule has 0 bridgehead atoms. The van der Waals surface area contributed by atoms with Crippen LogP contribution in [0.2, 0.25) is 5.02 Å². The van der Waals surface area contributed by atoms with Crippen molar-refractivity contribution < 1.29 is 0 Å². The Morgan fingerprint density at radius 1 is 1.24 bits per heavy atom. The summed E-state index contributed by atoms with van der Waals surface area (Å²) in [5.41, 5.74) is 0. The Labute approximate surface area is 139 Å². The highest BCUT2D eigenvalue weighted by atomic mass is 35.5. The van der Waals surface area contributed by atoms with Crippen molar-refractivity contribution in [3.05, 3.63) is 29.3 Å². The van der Waals surface area contributed by atoms with Gasteiger partial charge in [0.15, 0.2) is 0 Å². The molecule has 0 aromatic heterocycles. The van der Waals surface area contributed by atoms with E-state index in [1.54, 1.807) is 0 Å². The molecule has 1 aromatic carbocycles. The van der Waals surface area contributed by atoms with E-state index in [9.17, 15) is 0 Å². The van der Waals surface area contributed by atoms with Gasteiger partial charge in [-0.05, 0) is 49.4 Å². The van der Waals surface area contributed by atoms with Gasteiger partial charge >= 0.3 is 0 Å². The first-order chi connectivity index (χ1) is 10.2. The topological polar surface area (TPSA) is 12.0 Å². The molecule has 1 aliphatic carbocycles. The lowest BCUT2D eigenvalue weighted by atomic mass is 9.78. The molecule has 1 fully saturated rings. The second kappa shape index (κ2) is 9.07. The van der Waals surface area contributed by atoms with E-state index in [1.807, 2.05) is 23.9 Å². The minimum Gasteiger partial charge on any atom is -0.313 e. The van der Waals surface area contributed by atoms with Crippen molar-refractivity contribution >= 4 is 23.4 Å². The molecule has 1 aliphatic rings. The van der Waals surface area contributed by atoms with Crippen LogP contribution in [0.25, 0.3) is 0 Å². The van der Waals surface area contributed by atoms with Crippen LogP contribution in [0.5, 0.6) is 0 Å². The second-order valence-corrected chi connectivity index (χ2v) is 7.65. The van der Waals surface area contributed by atoms with Gasteiger partial charge in [0.25, 0.3) is 0 Å². The van der Waals surface area contributed by atoms with E-state index in [0.29, 0.717) is 6.04 Å². The molecule has 118 valence electrons. The average Bonchev–Trinajstić information content (AvgIpc) is 2.52. The molecule has 0 heterocycles. The van der Waals surface area contributed by atoms with Gasteiger partial charge in [-0.1, -0.05) is 50.8 Å². The van der Waals surface area contributed by atoms with E-state index in [0.717, 1.165) is 29.2 Å². The van der Waals surface area contributed by atoms with Gasteiger partial charge in [0.2, 0.25) is 0 Å². The smallest absolute Gasteiger partial charge is 0.0417 e. The zero-order valence-electron chi connectivity index (χ0n) is 13.3. The highest BCUT2D eigenvalue weighted by Crippen LogP contribution is 2.34. The van der Waals surface area contributed by atoms with Crippen LogP contribution in [0.15, 0.2) is 29.2 Å². The van der Waals surface area contributed by atoms with Crippen LogP contribution in [0, 0.1) is 11.8 Å². The lowest BCUT2D eigenvalue weighted by Gasteiger charge is -2.34. The molecule has 0 radical (unpaired) electrons. The van der Waals surface area contributed by atoms with E-state index in [2.05, 4.69) is 31.3 Å². The second-order valence-electron chi connectivity index (χ2n) is 6.12. The molecule has 1 unspecified atom stereocenters. The highest BCUT2D eigenvalue weighted by Gasteiger charge is 2.26. The van der Waals surface area contributed by atoms with Crippen molar-refractivity contribution in [3.8, 4) is 0 Å². The summed E-state index contributed by atoms with van der Waals surface area (Å²) in [7, 11) is 0. The molecule has 0 spiro atoms. The Balaban J connectivity index is 1.87. The van der Waals surface area contributed by atoms with E-state index in [1.165, 1.54) is 37.0 Å². The first-order valence-corrected chi connectivity index (χ1v) is 9.71. The Bertz CT molecular complexity index is 415. The van der Waals surface area contributed by atoms with Gasteiger partial charge in [0.1, 0.15) is 0 Å². The molecule has 0 amide bonds. The predicted molar refractivity (Wildman–Crippen MR) is 95.4 cm³/mol. The largest absolute Gasteiger partial charge is 0.313 e. The van der Waals surface area contributed by atoms with Gasteiger partial charge in [-0.3, -0.25) is 0 Å². The molecule has 0 saturated heterocycles. The lowest BCUT2D eigenvalue weighted by Crippen LogP contribution is -2.40. The number of halogens is 1. The number of thioether (sulfide) groups is 1. The van der Waals surface area contributed by atoms with Crippen LogP contribution >= 0.6 is 23.4 Å². The standard InChI is InChI=1S/C18H28ClNS/c1-3-14-8-10-15(11-9-14)18(20-4-2)13-21-17-7-5-6-16(19)12-17/h5-7,12,14-15,18,20H,3-4,8-11,13H2,1-2H3. The van der Waals surface area contributed by atoms with E-state index >= 15 is 0 Å². The number of benzene rings is 1. The van der Waals surface area contributed by atoms with Gasteiger partial charge in [0, 0.05) is 21.7 Å². The third-order valence-corrected chi connectivity index (χ3v) is 6.08. The summed E-state index contributed by atoms with van der Waals surface area (Å²) in [6.07, 6.45) is 6.99. The molecule has 2 rings (SSSR count). The Morgan fingerprint density at radius 3 is 2.62 bits per heavy atom. The van der Waals surface area contributed by atoms with E-state index < -0.39 is 0 Å². The predicted octanol–water partition coefficient (Wildman–Crippen LogP) is 5.63. The third kappa shape index (κ3) is 5.50. The van der Waals surface area contributed by atoms with Crippen LogP contribution in [0.4, 0.5) is 0 Å². The van der Waals surface area contributed by atoms with E-state index in [4.69, 9.17) is 11.6 Å². The summed E-state index contributed by atoms with van der Waals surface area (Å²) in [4.78, 5) is 1.28. The summed E-state index contributed by atoms with van der Waals surface area (Å²) in [6, 6.07) is 8.85. The molecule has 21 heavy (non-hydrogen) atoms. The molecular weight excluding hydrogens is 298 g/mol. The quantitative estimate of drug-likeness (QED) is 0.652. The van der Waals surface area contributed by atoms with Crippen molar-refractivity contribution in [2.45, 2.75) is 56.9 Å². The monoisotopic (exact) mass is 325 g/mol. The summed E-state index contributed by atoms with van der Waals surface area (Å²) >= 11 is 8.01. The molecule has 1 nitrogen and oxygen atoms in total. The molecule has 0 aliphatic heterocycles. The minimum atomic E-state index is 0.636. The number of hydrogen-bond acceptors (Lipinski definition) is 2. The molecule has 1 aromatic rings. The number of hydrogen-bond donors (Lipinski definition) is 1. The molecule has 1 N–H and O–H groups in total. The van der Waals surface area contributed by atoms with Gasteiger partial charge in [-0.2, -0.15) is 0 Å². The van der Waals surface area contributed by atoms with Crippen LogP contribution in [-0.2, 0) is 0 Å².